The normalized spacial score (nSPS) is 27.8. The lowest BCUT2D eigenvalue weighted by molar-refractivity contribution is -0.162. The molecule has 5 heteroatoms. The quantitative estimate of drug-likeness (QED) is 0.577. The summed E-state index contributed by atoms with van der Waals surface area (Å²) in [6, 6.07) is 0. The van der Waals surface area contributed by atoms with Crippen molar-refractivity contribution in [1.29, 1.82) is 0 Å². The number of hydrogen-bond donors (Lipinski definition) is 0. The first-order valence-corrected chi connectivity index (χ1v) is 10.4. The van der Waals surface area contributed by atoms with Gasteiger partial charge in [-0.05, 0) is 25.1 Å². The summed E-state index contributed by atoms with van der Waals surface area (Å²) in [6.07, 6.45) is -0.779. The Balaban J connectivity index is 2.78. The van der Waals surface area contributed by atoms with Crippen molar-refractivity contribution in [2.24, 2.45) is 0 Å². The molecule has 1 aliphatic heterocycles. The Morgan fingerprint density at radius 3 is 2.43 bits per heavy atom. The molecule has 0 aromatic carbocycles. The van der Waals surface area contributed by atoms with E-state index in [1.54, 1.807) is 7.11 Å². The van der Waals surface area contributed by atoms with Crippen molar-refractivity contribution in [2.75, 3.05) is 13.7 Å². The fraction of sp³-hybridized carbons (Fsp3) is 0.812. The van der Waals surface area contributed by atoms with Gasteiger partial charge in [-0.15, -0.1) is 0 Å². The summed E-state index contributed by atoms with van der Waals surface area (Å²) in [5.41, 5.74) is 0.871. The van der Waals surface area contributed by atoms with E-state index in [1.807, 2.05) is 6.92 Å². The molecule has 21 heavy (non-hydrogen) atoms. The van der Waals surface area contributed by atoms with Crippen molar-refractivity contribution in [1.82, 2.24) is 0 Å². The van der Waals surface area contributed by atoms with E-state index in [-0.39, 0.29) is 23.0 Å². The number of methoxy groups -OCH3 is 1. The highest BCUT2D eigenvalue weighted by atomic mass is 28.4. The summed E-state index contributed by atoms with van der Waals surface area (Å²) in [7, 11) is -0.324. The highest BCUT2D eigenvalue weighted by Gasteiger charge is 2.42. The molecule has 0 aromatic rings. The van der Waals surface area contributed by atoms with Gasteiger partial charge in [0.15, 0.2) is 14.1 Å². The minimum absolute atomic E-state index is 0.0700. The highest BCUT2D eigenvalue weighted by Crippen LogP contribution is 2.37. The molecule has 122 valence electrons. The van der Waals surface area contributed by atoms with Crippen molar-refractivity contribution in [3.05, 3.63) is 12.2 Å². The molecule has 0 radical (unpaired) electrons. The first kappa shape index (κ1) is 18.6. The van der Waals surface area contributed by atoms with Crippen molar-refractivity contribution >= 4 is 14.1 Å². The average Bonchev–Trinajstić information content (AvgIpc) is 2.34. The lowest BCUT2D eigenvalue weighted by Crippen LogP contribution is -2.51. The number of carbonyl (C=O) groups excluding carboxylic acids is 1. The van der Waals surface area contributed by atoms with E-state index in [9.17, 15) is 4.79 Å². The van der Waals surface area contributed by atoms with Crippen LogP contribution >= 0.6 is 0 Å². The monoisotopic (exact) mass is 314 g/mol. The molecule has 1 fully saturated rings. The molecule has 3 atom stereocenters. The first-order chi connectivity index (χ1) is 9.49. The molecule has 1 rings (SSSR count). The minimum atomic E-state index is -1.87. The van der Waals surface area contributed by atoms with Crippen molar-refractivity contribution in [3.8, 4) is 0 Å². The van der Waals surface area contributed by atoms with E-state index < -0.39 is 14.4 Å². The molecule has 1 heterocycles. The van der Waals surface area contributed by atoms with Gasteiger partial charge in [-0.2, -0.15) is 0 Å². The van der Waals surface area contributed by atoms with Crippen LogP contribution in [0.15, 0.2) is 12.2 Å². The Kier molecular flexibility index (Phi) is 5.95. The molecule has 0 spiro atoms. The zero-order chi connectivity index (χ0) is 16.4. The maximum absolute atomic E-state index is 12.2. The number of Topliss-reactive ketones (excluding diaryl/α,β-unsaturated/α-hetero) is 1. The number of rotatable bonds is 5. The SMILES string of the molecule is C=C(C)[C@H]1CC(=O)[C@H](OC)[C@@H](CO[Si](C)(C)C(C)(C)C)O1. The summed E-state index contributed by atoms with van der Waals surface area (Å²) in [4.78, 5) is 12.2. The molecule has 0 bridgehead atoms. The smallest absolute Gasteiger partial charge is 0.192 e. The van der Waals surface area contributed by atoms with Crippen molar-refractivity contribution in [3.63, 3.8) is 0 Å². The van der Waals surface area contributed by atoms with Crippen molar-refractivity contribution in [2.45, 2.75) is 70.6 Å². The maximum atomic E-state index is 12.2. The van der Waals surface area contributed by atoms with E-state index in [4.69, 9.17) is 13.9 Å². The van der Waals surface area contributed by atoms with E-state index in [0.717, 1.165) is 5.57 Å². The van der Waals surface area contributed by atoms with Gasteiger partial charge in [-0.3, -0.25) is 4.79 Å². The van der Waals surface area contributed by atoms with Crippen LogP contribution in [0.5, 0.6) is 0 Å². The van der Waals surface area contributed by atoms with Crippen LogP contribution in [0.25, 0.3) is 0 Å². The third kappa shape index (κ3) is 4.49. The first-order valence-electron chi connectivity index (χ1n) is 7.50. The number of carbonyl (C=O) groups is 1. The Morgan fingerprint density at radius 2 is 2.00 bits per heavy atom. The van der Waals surface area contributed by atoms with Gasteiger partial charge in [0.25, 0.3) is 0 Å². The van der Waals surface area contributed by atoms with E-state index in [1.165, 1.54) is 0 Å². The lowest BCUT2D eigenvalue weighted by atomic mass is 9.96. The zero-order valence-electron chi connectivity index (χ0n) is 14.5. The zero-order valence-corrected chi connectivity index (χ0v) is 15.5. The molecule has 1 aliphatic rings. The van der Waals surface area contributed by atoms with Gasteiger partial charge in [0.2, 0.25) is 0 Å². The van der Waals surface area contributed by atoms with Gasteiger partial charge in [0.05, 0.1) is 12.7 Å². The Labute approximate surface area is 130 Å². The van der Waals surface area contributed by atoms with Crippen LogP contribution in [-0.4, -0.2) is 46.1 Å². The average molecular weight is 314 g/mol. The second-order valence-corrected chi connectivity index (χ2v) is 12.2. The summed E-state index contributed by atoms with van der Waals surface area (Å²) in [5.74, 6) is 0.0700. The molecular weight excluding hydrogens is 284 g/mol. The summed E-state index contributed by atoms with van der Waals surface area (Å²) < 4.78 is 17.5. The fourth-order valence-electron chi connectivity index (χ4n) is 2.04. The molecule has 4 nitrogen and oxygen atoms in total. The molecule has 0 unspecified atom stereocenters. The van der Waals surface area contributed by atoms with Gasteiger partial charge in [0.1, 0.15) is 12.2 Å². The van der Waals surface area contributed by atoms with Gasteiger partial charge in [-0.1, -0.05) is 32.9 Å². The summed E-state index contributed by atoms with van der Waals surface area (Å²) in [5, 5.41) is 0.127. The van der Waals surface area contributed by atoms with Gasteiger partial charge in [0, 0.05) is 13.5 Å². The summed E-state index contributed by atoms with van der Waals surface area (Å²) >= 11 is 0. The standard InChI is InChI=1S/C16H30O4Si/c1-11(2)13-9-12(17)15(18-6)14(20-13)10-19-21(7,8)16(3,4)5/h13-15H,1,9-10H2,2-8H3/t13-,14-,15+/m1/s1. The molecule has 0 aromatic heterocycles. The van der Waals surface area contributed by atoms with Gasteiger partial charge < -0.3 is 13.9 Å². The van der Waals surface area contributed by atoms with Crippen LogP contribution in [0, 0.1) is 0 Å². The Morgan fingerprint density at radius 1 is 1.43 bits per heavy atom. The molecule has 0 N–H and O–H groups in total. The van der Waals surface area contributed by atoms with E-state index in [0.29, 0.717) is 13.0 Å². The third-order valence-corrected chi connectivity index (χ3v) is 9.10. The summed E-state index contributed by atoms with van der Waals surface area (Å²) in [6.45, 7) is 17.1. The largest absolute Gasteiger partial charge is 0.414 e. The third-order valence-electron chi connectivity index (χ3n) is 4.60. The number of ketones is 1. The Hall–Kier alpha value is -0.493. The molecule has 0 aliphatic carbocycles. The second kappa shape index (κ2) is 6.73. The highest BCUT2D eigenvalue weighted by molar-refractivity contribution is 6.74. The molecule has 0 saturated carbocycles. The lowest BCUT2D eigenvalue weighted by Gasteiger charge is -2.40. The number of hydrogen-bond acceptors (Lipinski definition) is 4. The van der Waals surface area contributed by atoms with Gasteiger partial charge >= 0.3 is 0 Å². The predicted molar refractivity (Wildman–Crippen MR) is 87.0 cm³/mol. The van der Waals surface area contributed by atoms with Crippen LogP contribution in [0.4, 0.5) is 0 Å². The van der Waals surface area contributed by atoms with Crippen LogP contribution in [0.2, 0.25) is 18.1 Å². The van der Waals surface area contributed by atoms with Crippen LogP contribution in [0.1, 0.15) is 34.1 Å². The van der Waals surface area contributed by atoms with Crippen LogP contribution in [0.3, 0.4) is 0 Å². The van der Waals surface area contributed by atoms with Gasteiger partial charge in [-0.25, -0.2) is 0 Å². The second-order valence-electron chi connectivity index (χ2n) is 7.41. The maximum Gasteiger partial charge on any atom is 0.192 e. The number of ether oxygens (including phenoxy) is 2. The fourth-order valence-corrected chi connectivity index (χ4v) is 3.06. The van der Waals surface area contributed by atoms with Crippen molar-refractivity contribution < 1.29 is 18.7 Å². The molecular formula is C16H30O4Si. The van der Waals surface area contributed by atoms with E-state index in [2.05, 4.69) is 40.4 Å². The van der Waals surface area contributed by atoms with E-state index >= 15 is 0 Å². The Bertz CT molecular complexity index is 398. The molecule has 1 saturated heterocycles. The topological polar surface area (TPSA) is 44.8 Å². The van der Waals surface area contributed by atoms with Crippen LogP contribution < -0.4 is 0 Å². The minimum Gasteiger partial charge on any atom is -0.414 e. The molecule has 0 amide bonds. The van der Waals surface area contributed by atoms with Crippen LogP contribution in [-0.2, 0) is 18.7 Å². The predicted octanol–water partition coefficient (Wildman–Crippen LogP) is 3.33.